The lowest BCUT2D eigenvalue weighted by Gasteiger charge is -2.31. The van der Waals surface area contributed by atoms with Crippen LogP contribution >= 0.6 is 0 Å². The van der Waals surface area contributed by atoms with Crippen LogP contribution in [0.3, 0.4) is 0 Å². The molecule has 0 saturated carbocycles. The van der Waals surface area contributed by atoms with E-state index in [0.717, 1.165) is 39.8 Å². The van der Waals surface area contributed by atoms with Crippen LogP contribution in [0.25, 0.3) is 22.2 Å². The highest BCUT2D eigenvalue weighted by molar-refractivity contribution is 6.00. The SMILES string of the molecule is CC(=O)Nc1ccc(-c2cc3cc(NC(=O)[C@@H]4CCCN4C(=O)[C@@H](c4ccccc4)N(C)C)ccc3[nH]2)cc1. The quantitative estimate of drug-likeness (QED) is 0.317. The van der Waals surface area contributed by atoms with Crippen LogP contribution in [0.5, 0.6) is 0 Å². The van der Waals surface area contributed by atoms with Gasteiger partial charge in [0.1, 0.15) is 12.1 Å². The molecule has 4 aromatic rings. The van der Waals surface area contributed by atoms with Crippen LogP contribution in [-0.4, -0.2) is 59.2 Å². The van der Waals surface area contributed by atoms with Crippen molar-refractivity contribution in [1.82, 2.24) is 14.8 Å². The number of likely N-dealkylation sites (N-methyl/N-ethyl adjacent to an activating group) is 1. The lowest BCUT2D eigenvalue weighted by molar-refractivity contribution is -0.140. The minimum Gasteiger partial charge on any atom is -0.355 e. The Hall–Kier alpha value is -4.43. The molecule has 0 bridgehead atoms. The number of rotatable bonds is 7. The fourth-order valence-electron chi connectivity index (χ4n) is 5.28. The number of aromatic amines is 1. The third-order valence-corrected chi connectivity index (χ3v) is 7.11. The van der Waals surface area contributed by atoms with E-state index in [-0.39, 0.29) is 17.7 Å². The van der Waals surface area contributed by atoms with Gasteiger partial charge in [-0.2, -0.15) is 0 Å². The number of nitrogens with zero attached hydrogens (tertiary/aromatic N) is 2. The number of nitrogens with one attached hydrogen (secondary N) is 3. The van der Waals surface area contributed by atoms with E-state index in [9.17, 15) is 14.4 Å². The van der Waals surface area contributed by atoms with Crippen molar-refractivity contribution in [2.45, 2.75) is 31.8 Å². The molecule has 0 spiro atoms. The second kappa shape index (κ2) is 11.1. The molecule has 200 valence electrons. The van der Waals surface area contributed by atoms with Gasteiger partial charge in [0, 0.05) is 41.4 Å². The summed E-state index contributed by atoms with van der Waals surface area (Å²) in [6, 6.07) is 24.1. The number of carbonyl (C=O) groups excluding carboxylic acids is 3. The van der Waals surface area contributed by atoms with Crippen molar-refractivity contribution in [2.24, 2.45) is 0 Å². The summed E-state index contributed by atoms with van der Waals surface area (Å²) >= 11 is 0. The van der Waals surface area contributed by atoms with E-state index in [0.29, 0.717) is 18.7 Å². The van der Waals surface area contributed by atoms with Gasteiger partial charge in [-0.05, 0) is 74.5 Å². The maximum absolute atomic E-state index is 13.6. The Kier molecular flexibility index (Phi) is 7.47. The van der Waals surface area contributed by atoms with E-state index in [1.165, 1.54) is 6.92 Å². The number of fused-ring (bicyclic) bond motifs is 1. The zero-order valence-corrected chi connectivity index (χ0v) is 22.4. The van der Waals surface area contributed by atoms with Gasteiger partial charge in [-0.1, -0.05) is 42.5 Å². The number of hydrogen-bond donors (Lipinski definition) is 3. The van der Waals surface area contributed by atoms with Crippen LogP contribution in [-0.2, 0) is 14.4 Å². The van der Waals surface area contributed by atoms with Crippen molar-refractivity contribution in [3.63, 3.8) is 0 Å². The summed E-state index contributed by atoms with van der Waals surface area (Å²) in [4.78, 5) is 45.3. The van der Waals surface area contributed by atoms with E-state index < -0.39 is 12.1 Å². The first-order valence-electron chi connectivity index (χ1n) is 13.1. The summed E-state index contributed by atoms with van der Waals surface area (Å²) < 4.78 is 0. The van der Waals surface area contributed by atoms with E-state index >= 15 is 0 Å². The zero-order chi connectivity index (χ0) is 27.5. The number of carbonyl (C=O) groups is 3. The average molecular weight is 524 g/mol. The number of aromatic nitrogens is 1. The van der Waals surface area contributed by atoms with Crippen molar-refractivity contribution in [3.8, 4) is 11.3 Å². The number of amides is 3. The Morgan fingerprint density at radius 1 is 0.923 bits per heavy atom. The molecule has 1 aromatic heterocycles. The van der Waals surface area contributed by atoms with Crippen LogP contribution < -0.4 is 10.6 Å². The predicted molar refractivity (Wildman–Crippen MR) is 154 cm³/mol. The van der Waals surface area contributed by atoms with Gasteiger partial charge in [-0.3, -0.25) is 19.3 Å². The van der Waals surface area contributed by atoms with Crippen molar-refractivity contribution in [2.75, 3.05) is 31.3 Å². The second-order valence-corrected chi connectivity index (χ2v) is 10.2. The lowest BCUT2D eigenvalue weighted by Crippen LogP contribution is -2.47. The first kappa shape index (κ1) is 26.2. The van der Waals surface area contributed by atoms with Gasteiger partial charge in [0.25, 0.3) is 0 Å². The molecule has 3 amide bonds. The molecular weight excluding hydrogens is 490 g/mol. The molecule has 1 fully saturated rings. The Morgan fingerprint density at radius 2 is 1.64 bits per heavy atom. The first-order valence-corrected chi connectivity index (χ1v) is 13.1. The summed E-state index contributed by atoms with van der Waals surface area (Å²) in [7, 11) is 3.77. The van der Waals surface area contributed by atoms with Gasteiger partial charge >= 0.3 is 0 Å². The molecule has 0 unspecified atom stereocenters. The third kappa shape index (κ3) is 5.71. The van der Waals surface area contributed by atoms with E-state index in [1.807, 2.05) is 97.9 Å². The van der Waals surface area contributed by atoms with E-state index in [2.05, 4.69) is 15.6 Å². The van der Waals surface area contributed by atoms with Gasteiger partial charge in [0.15, 0.2) is 0 Å². The molecule has 3 N–H and O–H groups in total. The van der Waals surface area contributed by atoms with E-state index in [4.69, 9.17) is 0 Å². The summed E-state index contributed by atoms with van der Waals surface area (Å²) in [5, 5.41) is 6.78. The smallest absolute Gasteiger partial charge is 0.247 e. The van der Waals surface area contributed by atoms with Crippen molar-refractivity contribution >= 4 is 40.0 Å². The van der Waals surface area contributed by atoms with Gasteiger partial charge in [0.2, 0.25) is 17.7 Å². The number of likely N-dealkylation sites (tertiary alicyclic amines) is 1. The molecule has 8 heteroatoms. The highest BCUT2D eigenvalue weighted by Crippen LogP contribution is 2.29. The summed E-state index contributed by atoms with van der Waals surface area (Å²) in [6.45, 7) is 2.05. The van der Waals surface area contributed by atoms with Gasteiger partial charge in [0.05, 0.1) is 0 Å². The molecule has 39 heavy (non-hydrogen) atoms. The molecule has 1 saturated heterocycles. The second-order valence-electron chi connectivity index (χ2n) is 10.2. The summed E-state index contributed by atoms with van der Waals surface area (Å²) in [5.74, 6) is -0.337. The van der Waals surface area contributed by atoms with E-state index in [1.54, 1.807) is 4.90 Å². The van der Waals surface area contributed by atoms with Crippen LogP contribution in [0.1, 0.15) is 31.4 Å². The fourth-order valence-corrected chi connectivity index (χ4v) is 5.28. The molecule has 3 aromatic carbocycles. The predicted octanol–water partition coefficient (Wildman–Crippen LogP) is 5.03. The first-order chi connectivity index (χ1) is 18.8. The lowest BCUT2D eigenvalue weighted by atomic mass is 10.0. The normalized spacial score (nSPS) is 15.9. The summed E-state index contributed by atoms with van der Waals surface area (Å²) in [6.07, 6.45) is 1.43. The number of anilines is 2. The fraction of sp³-hybridized carbons (Fsp3) is 0.258. The van der Waals surface area contributed by atoms with Crippen LogP contribution in [0.2, 0.25) is 0 Å². The van der Waals surface area contributed by atoms with Crippen molar-refractivity contribution in [1.29, 1.82) is 0 Å². The van der Waals surface area contributed by atoms with Crippen molar-refractivity contribution < 1.29 is 14.4 Å². The number of hydrogen-bond acceptors (Lipinski definition) is 4. The molecule has 8 nitrogen and oxygen atoms in total. The number of benzene rings is 3. The van der Waals surface area contributed by atoms with Crippen LogP contribution in [0, 0.1) is 0 Å². The molecule has 5 rings (SSSR count). The van der Waals surface area contributed by atoms with Crippen LogP contribution in [0.15, 0.2) is 78.9 Å². The summed E-state index contributed by atoms with van der Waals surface area (Å²) in [5.41, 5.74) is 5.21. The highest BCUT2D eigenvalue weighted by atomic mass is 16.2. The minimum absolute atomic E-state index is 0.0564. The minimum atomic E-state index is -0.511. The highest BCUT2D eigenvalue weighted by Gasteiger charge is 2.38. The molecule has 0 radical (unpaired) electrons. The third-order valence-electron chi connectivity index (χ3n) is 7.11. The van der Waals surface area contributed by atoms with Crippen LogP contribution in [0.4, 0.5) is 11.4 Å². The molecule has 1 aliphatic rings. The Balaban J connectivity index is 1.31. The van der Waals surface area contributed by atoms with Gasteiger partial charge < -0.3 is 20.5 Å². The zero-order valence-electron chi connectivity index (χ0n) is 22.4. The Bertz CT molecular complexity index is 1490. The molecule has 1 aliphatic heterocycles. The monoisotopic (exact) mass is 523 g/mol. The maximum atomic E-state index is 13.6. The van der Waals surface area contributed by atoms with Crippen molar-refractivity contribution in [3.05, 3.63) is 84.4 Å². The average Bonchev–Trinajstić information content (AvgIpc) is 3.57. The van der Waals surface area contributed by atoms with Gasteiger partial charge in [-0.15, -0.1) is 0 Å². The molecular formula is C31H33N5O3. The Labute approximate surface area is 228 Å². The topological polar surface area (TPSA) is 97.5 Å². The molecule has 0 aliphatic carbocycles. The largest absolute Gasteiger partial charge is 0.355 e. The standard InChI is InChI=1S/C31H33N5O3/c1-20(37)32-24-13-11-21(12-14-24)27-19-23-18-25(15-16-26(23)34-27)33-30(38)28-10-7-17-36(28)31(39)29(35(2)3)22-8-5-4-6-9-22/h4-6,8-9,11-16,18-19,28-29,34H,7,10,17H2,1-3H3,(H,32,37)(H,33,38)/t28-,29+/m0/s1. The number of H-pyrrole nitrogens is 1. The Morgan fingerprint density at radius 3 is 2.33 bits per heavy atom. The maximum Gasteiger partial charge on any atom is 0.247 e. The molecule has 2 heterocycles. The molecule has 2 atom stereocenters. The van der Waals surface area contributed by atoms with Gasteiger partial charge in [-0.25, -0.2) is 0 Å².